The van der Waals surface area contributed by atoms with Gasteiger partial charge < -0.3 is 19.4 Å². The van der Waals surface area contributed by atoms with Gasteiger partial charge in [0.1, 0.15) is 29.6 Å². The Morgan fingerprint density at radius 1 is 0.854 bits per heavy atom. The summed E-state index contributed by atoms with van der Waals surface area (Å²) in [5.74, 6) is 2.07. The lowest BCUT2D eigenvalue weighted by molar-refractivity contribution is -0.117. The van der Waals surface area contributed by atoms with Crippen LogP contribution in [0.2, 0.25) is 0 Å². The number of hydrogen-bond donors (Lipinski definition) is 1. The van der Waals surface area contributed by atoms with Gasteiger partial charge in [0.25, 0.3) is 0 Å². The minimum Gasteiger partial charge on any atom is -0.508 e. The van der Waals surface area contributed by atoms with Crippen LogP contribution in [-0.4, -0.2) is 42.2 Å². The third kappa shape index (κ3) is 14.1. The molecule has 0 heterocycles. The van der Waals surface area contributed by atoms with Crippen molar-refractivity contribution in [3.8, 4) is 22.6 Å². The molecule has 256 valence electrons. The number of aryl methyl sites for hydroxylation is 1. The summed E-state index contributed by atoms with van der Waals surface area (Å²) in [6.07, 6.45) is -0.663. The fourth-order valence-corrected chi connectivity index (χ4v) is 5.10. The Balaban J connectivity index is 0.00000116. The quantitative estimate of drug-likeness (QED) is 0.0957. The number of unbranched alkanes of at least 4 members (excludes halogenated alkanes) is 1. The van der Waals surface area contributed by atoms with Crippen LogP contribution in [0.25, 0.3) is 16.9 Å². The van der Waals surface area contributed by atoms with Gasteiger partial charge in [-0.15, -0.1) is 0 Å². The largest absolute Gasteiger partial charge is 0.508 e. The van der Waals surface area contributed by atoms with Crippen molar-refractivity contribution in [3.05, 3.63) is 125 Å². The first kappa shape index (κ1) is 37.9. The molecule has 1 N–H and O–H groups in total. The summed E-state index contributed by atoms with van der Waals surface area (Å²) < 4.78 is 42.7. The second kappa shape index (κ2) is 18.7. The zero-order chi connectivity index (χ0) is 35.1. The molecule has 0 saturated heterocycles. The van der Waals surface area contributed by atoms with E-state index in [9.17, 15) is 23.1 Å². The van der Waals surface area contributed by atoms with Crippen molar-refractivity contribution >= 4 is 11.5 Å². The average Bonchev–Trinajstić information content (AvgIpc) is 3.04. The van der Waals surface area contributed by atoms with Crippen molar-refractivity contribution in [1.29, 1.82) is 0 Å². The van der Waals surface area contributed by atoms with E-state index < -0.39 is 6.18 Å². The minimum absolute atomic E-state index is 0.0767. The molecule has 0 aliphatic rings. The Bertz CT molecular complexity index is 1580. The number of aliphatic hydroxyl groups is 1. The fraction of sp³-hybridized carbons (Fsp3) is 0.325. The third-order valence-corrected chi connectivity index (χ3v) is 7.63. The van der Waals surface area contributed by atoms with Gasteiger partial charge in [0, 0.05) is 32.0 Å². The number of nitrogens with zero attached hydrogens (tertiary/aromatic N) is 1. The highest BCUT2D eigenvalue weighted by Crippen LogP contribution is 2.25. The molecule has 0 amide bonds. The number of carbonyl (C=O) groups is 1. The molecule has 4 aromatic carbocycles. The Morgan fingerprint density at radius 3 is 2.00 bits per heavy atom. The van der Waals surface area contributed by atoms with Crippen molar-refractivity contribution in [2.75, 3.05) is 20.2 Å². The Morgan fingerprint density at radius 2 is 1.44 bits per heavy atom. The number of benzene rings is 4. The summed E-state index contributed by atoms with van der Waals surface area (Å²) in [6.45, 7) is 10.6. The number of aliphatic hydroxyl groups excluding tert-OH is 1. The summed E-state index contributed by atoms with van der Waals surface area (Å²) in [5.41, 5.74) is 7.72. The van der Waals surface area contributed by atoms with Gasteiger partial charge in [-0.05, 0) is 85.7 Å². The molecule has 0 aliphatic heterocycles. The molecule has 0 atom stereocenters. The van der Waals surface area contributed by atoms with E-state index >= 15 is 0 Å². The van der Waals surface area contributed by atoms with Gasteiger partial charge in [-0.25, -0.2) is 0 Å². The molecule has 0 radical (unpaired) electrons. The fourth-order valence-electron chi connectivity index (χ4n) is 5.10. The summed E-state index contributed by atoms with van der Waals surface area (Å²) in [6, 6.07) is 30.9. The van der Waals surface area contributed by atoms with E-state index in [4.69, 9.17) is 9.47 Å². The van der Waals surface area contributed by atoms with Gasteiger partial charge >= 0.3 is 6.18 Å². The predicted molar refractivity (Wildman–Crippen MR) is 187 cm³/mol. The SMILES string of the molecule is C=C(O)c1ccc(CN(CCCCC(C)=O)CCc2cc(C)ccc2OCc2ccc(-c3ccc(OC)cc3)cc2)cc1.CC(F)(F)F. The van der Waals surface area contributed by atoms with E-state index in [1.807, 2.05) is 36.4 Å². The first-order valence-corrected chi connectivity index (χ1v) is 16.0. The Labute approximate surface area is 282 Å². The number of alkyl halides is 3. The van der Waals surface area contributed by atoms with Crippen LogP contribution in [-0.2, 0) is 24.4 Å². The standard InChI is InChI=1S/C38H43NO4.C2H3F3/c1-28-8-21-38(43-27-32-11-15-34(16-12-32)35-17-19-37(42-4)20-18-35)36(25-28)22-24-39(23-6-5-7-29(2)40)26-31-9-13-33(14-10-31)30(3)41;1-2(3,4)5/h8-21,25,41H,3,5-7,22-24,26-27H2,1-2,4H3;1H3. The number of rotatable bonds is 16. The van der Waals surface area contributed by atoms with Gasteiger partial charge in [0.05, 0.1) is 7.11 Å². The maximum atomic E-state index is 11.5. The van der Waals surface area contributed by atoms with E-state index in [-0.39, 0.29) is 18.5 Å². The maximum absolute atomic E-state index is 11.5. The average molecular weight is 662 g/mol. The highest BCUT2D eigenvalue weighted by atomic mass is 19.4. The van der Waals surface area contributed by atoms with Gasteiger partial charge in [-0.2, -0.15) is 13.2 Å². The molecule has 8 heteroatoms. The summed E-state index contributed by atoms with van der Waals surface area (Å²) in [7, 11) is 1.68. The van der Waals surface area contributed by atoms with Crippen LogP contribution in [0.15, 0.2) is 97.6 Å². The molecule has 0 aromatic heterocycles. The molecule has 0 bridgehead atoms. The maximum Gasteiger partial charge on any atom is 0.386 e. The summed E-state index contributed by atoms with van der Waals surface area (Å²) >= 11 is 0. The van der Waals surface area contributed by atoms with Gasteiger partial charge in [0.2, 0.25) is 0 Å². The van der Waals surface area contributed by atoms with Gasteiger partial charge in [-0.1, -0.05) is 84.9 Å². The number of Topliss-reactive ketones (excluding diaryl/α,β-unsaturated/α-hetero) is 1. The first-order chi connectivity index (χ1) is 22.8. The van der Waals surface area contributed by atoms with Crippen molar-refractivity contribution < 1.29 is 32.5 Å². The normalized spacial score (nSPS) is 11.1. The van der Waals surface area contributed by atoms with Crippen LogP contribution in [0.3, 0.4) is 0 Å². The van der Waals surface area contributed by atoms with Gasteiger partial charge in [-0.3, -0.25) is 4.90 Å². The summed E-state index contributed by atoms with van der Waals surface area (Å²) in [4.78, 5) is 13.9. The number of carbonyl (C=O) groups excluding carboxylic acids is 1. The van der Waals surface area contributed by atoms with Crippen LogP contribution >= 0.6 is 0 Å². The van der Waals surface area contributed by atoms with E-state index in [1.54, 1.807) is 14.0 Å². The zero-order valence-corrected chi connectivity index (χ0v) is 28.3. The van der Waals surface area contributed by atoms with Gasteiger partial charge in [0.15, 0.2) is 0 Å². The van der Waals surface area contributed by atoms with Crippen LogP contribution in [0.5, 0.6) is 11.5 Å². The number of ether oxygens (including phenoxy) is 2. The molecule has 0 aliphatic carbocycles. The second-order valence-corrected chi connectivity index (χ2v) is 11.9. The summed E-state index contributed by atoms with van der Waals surface area (Å²) in [5, 5.41) is 9.69. The van der Waals surface area contributed by atoms with Crippen molar-refractivity contribution in [3.63, 3.8) is 0 Å². The van der Waals surface area contributed by atoms with E-state index in [1.165, 1.54) is 16.7 Å². The number of ketones is 1. The molecule has 0 saturated carbocycles. The van der Waals surface area contributed by atoms with Crippen LogP contribution in [0.1, 0.15) is 60.9 Å². The zero-order valence-electron chi connectivity index (χ0n) is 28.3. The lowest BCUT2D eigenvalue weighted by atomic mass is 10.0. The monoisotopic (exact) mass is 661 g/mol. The van der Waals surface area contributed by atoms with E-state index in [2.05, 4.69) is 73.0 Å². The molecule has 4 rings (SSSR count). The van der Waals surface area contributed by atoms with E-state index in [0.717, 1.165) is 72.6 Å². The molecule has 0 unspecified atom stereocenters. The van der Waals surface area contributed by atoms with Crippen molar-refractivity contribution in [2.45, 2.75) is 65.8 Å². The molecular weight excluding hydrogens is 615 g/mol. The van der Waals surface area contributed by atoms with Crippen molar-refractivity contribution in [2.24, 2.45) is 0 Å². The van der Waals surface area contributed by atoms with Crippen LogP contribution in [0, 0.1) is 6.92 Å². The molecule has 4 aromatic rings. The molecule has 48 heavy (non-hydrogen) atoms. The third-order valence-electron chi connectivity index (χ3n) is 7.63. The van der Waals surface area contributed by atoms with Crippen LogP contribution in [0.4, 0.5) is 13.2 Å². The van der Waals surface area contributed by atoms with E-state index in [0.29, 0.717) is 13.0 Å². The lowest BCUT2D eigenvalue weighted by Crippen LogP contribution is -2.27. The molecular formula is C40H46F3NO4. The Kier molecular flexibility index (Phi) is 14.8. The van der Waals surface area contributed by atoms with Crippen LogP contribution < -0.4 is 9.47 Å². The second-order valence-electron chi connectivity index (χ2n) is 11.9. The molecule has 0 fully saturated rings. The molecule has 5 nitrogen and oxygen atoms in total. The highest BCUT2D eigenvalue weighted by molar-refractivity contribution is 5.75. The number of halogens is 3. The Hall–Kier alpha value is -4.56. The number of hydrogen-bond acceptors (Lipinski definition) is 5. The molecule has 0 spiro atoms. The number of methoxy groups -OCH3 is 1. The van der Waals surface area contributed by atoms with Crippen molar-refractivity contribution in [1.82, 2.24) is 4.90 Å². The highest BCUT2D eigenvalue weighted by Gasteiger charge is 2.15. The topological polar surface area (TPSA) is 59.0 Å². The predicted octanol–water partition coefficient (Wildman–Crippen LogP) is 10.2. The lowest BCUT2D eigenvalue weighted by Gasteiger charge is -2.23. The minimum atomic E-state index is -4.00. The first-order valence-electron chi connectivity index (χ1n) is 16.0. The smallest absolute Gasteiger partial charge is 0.386 e.